The van der Waals surface area contributed by atoms with Gasteiger partial charge in [-0.05, 0) is 40.2 Å². The van der Waals surface area contributed by atoms with Crippen molar-refractivity contribution in [2.24, 2.45) is 0 Å². The number of methoxy groups -OCH3 is 1. The summed E-state index contributed by atoms with van der Waals surface area (Å²) < 4.78 is 10.1. The minimum atomic E-state index is -0.684. The van der Waals surface area contributed by atoms with Crippen LogP contribution in [0.3, 0.4) is 0 Å². The number of rotatable bonds is 6. The van der Waals surface area contributed by atoms with Gasteiger partial charge in [0.25, 0.3) is 5.91 Å². The first kappa shape index (κ1) is 16.5. The fraction of sp³-hybridized carbons (Fsp3) is 0.143. The van der Waals surface area contributed by atoms with Crippen LogP contribution in [0.1, 0.15) is 0 Å². The molecule has 0 atom stereocenters. The number of nitro groups is 1. The number of benzene rings is 1. The van der Waals surface area contributed by atoms with Crippen LogP contribution < -0.4 is 14.8 Å². The predicted molar refractivity (Wildman–Crippen MR) is 83.0 cm³/mol. The molecule has 0 fully saturated rings. The molecule has 0 aliphatic rings. The van der Waals surface area contributed by atoms with Crippen LogP contribution in [0.25, 0.3) is 0 Å². The maximum atomic E-state index is 11.8. The van der Waals surface area contributed by atoms with Crippen LogP contribution in [-0.4, -0.2) is 29.5 Å². The lowest BCUT2D eigenvalue weighted by molar-refractivity contribution is -0.390. The zero-order valence-electron chi connectivity index (χ0n) is 12.0. The number of hydrogen-bond acceptors (Lipinski definition) is 6. The molecule has 120 valence electrons. The van der Waals surface area contributed by atoms with E-state index in [1.165, 1.54) is 31.5 Å². The summed E-state index contributed by atoms with van der Waals surface area (Å²) in [6.07, 6.45) is 1.27. The van der Waals surface area contributed by atoms with Gasteiger partial charge in [0, 0.05) is 5.69 Å². The molecule has 0 aliphatic heterocycles. The standard InChI is InChI=1S/C14H12ClN3O5/c1-22-11-5-4-9(7-10(11)15)17-13(19)8-23-12-3-2-6-16-14(12)18(20)21/h2-7H,8H2,1H3,(H,17,19). The Labute approximate surface area is 136 Å². The fourth-order valence-corrected chi connectivity index (χ4v) is 1.97. The van der Waals surface area contributed by atoms with Gasteiger partial charge in [0.2, 0.25) is 5.75 Å². The normalized spacial score (nSPS) is 10.0. The lowest BCUT2D eigenvalue weighted by Crippen LogP contribution is -2.20. The Morgan fingerprint density at radius 3 is 2.83 bits per heavy atom. The van der Waals surface area contributed by atoms with Crippen LogP contribution in [0.15, 0.2) is 36.5 Å². The molecule has 0 unspecified atom stereocenters. The van der Waals surface area contributed by atoms with Crippen LogP contribution >= 0.6 is 11.6 Å². The summed E-state index contributed by atoms with van der Waals surface area (Å²) in [5, 5.41) is 13.7. The molecule has 23 heavy (non-hydrogen) atoms. The Bertz CT molecular complexity index is 738. The Balaban J connectivity index is 1.98. The molecular formula is C14H12ClN3O5. The van der Waals surface area contributed by atoms with Crippen molar-refractivity contribution in [3.8, 4) is 11.5 Å². The highest BCUT2D eigenvalue weighted by molar-refractivity contribution is 6.32. The summed E-state index contributed by atoms with van der Waals surface area (Å²) in [6, 6.07) is 7.57. The van der Waals surface area contributed by atoms with Gasteiger partial charge < -0.3 is 24.9 Å². The number of aromatic nitrogens is 1. The molecule has 2 rings (SSSR count). The monoisotopic (exact) mass is 337 g/mol. The van der Waals surface area contributed by atoms with Gasteiger partial charge in [-0.15, -0.1) is 0 Å². The second-order valence-electron chi connectivity index (χ2n) is 4.27. The van der Waals surface area contributed by atoms with E-state index in [1.807, 2.05) is 0 Å². The highest BCUT2D eigenvalue weighted by atomic mass is 35.5. The highest BCUT2D eigenvalue weighted by Crippen LogP contribution is 2.27. The van der Waals surface area contributed by atoms with Crippen LogP contribution in [0, 0.1) is 10.1 Å². The second-order valence-corrected chi connectivity index (χ2v) is 4.68. The lowest BCUT2D eigenvalue weighted by atomic mass is 10.3. The Hall–Kier alpha value is -2.87. The zero-order valence-corrected chi connectivity index (χ0v) is 12.7. The molecule has 1 heterocycles. The summed E-state index contributed by atoms with van der Waals surface area (Å²) in [5.74, 6) is -0.551. The van der Waals surface area contributed by atoms with Crippen molar-refractivity contribution >= 4 is 29.0 Å². The van der Waals surface area contributed by atoms with Crippen molar-refractivity contribution in [1.82, 2.24) is 4.98 Å². The Kier molecular flexibility index (Phi) is 5.32. The van der Waals surface area contributed by atoms with Crippen molar-refractivity contribution < 1.29 is 19.2 Å². The number of amides is 1. The molecule has 1 aromatic heterocycles. The van der Waals surface area contributed by atoms with E-state index in [0.29, 0.717) is 16.5 Å². The molecule has 0 saturated heterocycles. The third-order valence-electron chi connectivity index (χ3n) is 2.72. The molecule has 0 spiro atoms. The SMILES string of the molecule is COc1ccc(NC(=O)COc2cccnc2[N+](=O)[O-])cc1Cl. The van der Waals surface area contributed by atoms with Gasteiger partial charge in [0.15, 0.2) is 6.61 Å². The van der Waals surface area contributed by atoms with Gasteiger partial charge in [-0.1, -0.05) is 11.6 Å². The van der Waals surface area contributed by atoms with Gasteiger partial charge in [-0.25, -0.2) is 0 Å². The van der Waals surface area contributed by atoms with Crippen LogP contribution in [0.5, 0.6) is 11.5 Å². The summed E-state index contributed by atoms with van der Waals surface area (Å²) in [7, 11) is 1.48. The molecule has 0 radical (unpaired) electrons. The largest absolute Gasteiger partial charge is 0.495 e. The van der Waals surface area contributed by atoms with Crippen LogP contribution in [-0.2, 0) is 4.79 Å². The summed E-state index contributed by atoms with van der Waals surface area (Å²) in [5.41, 5.74) is 0.449. The maximum absolute atomic E-state index is 11.8. The number of anilines is 1. The first-order chi connectivity index (χ1) is 11.0. The first-order valence-corrected chi connectivity index (χ1v) is 6.74. The zero-order chi connectivity index (χ0) is 16.8. The quantitative estimate of drug-likeness (QED) is 0.642. The third kappa shape index (κ3) is 4.30. The number of pyridine rings is 1. The Morgan fingerprint density at radius 2 is 2.17 bits per heavy atom. The molecule has 2 aromatic rings. The lowest BCUT2D eigenvalue weighted by Gasteiger charge is -2.09. The van der Waals surface area contributed by atoms with E-state index in [1.54, 1.807) is 12.1 Å². The highest BCUT2D eigenvalue weighted by Gasteiger charge is 2.16. The number of carbonyl (C=O) groups excluding carboxylic acids is 1. The van der Waals surface area contributed by atoms with E-state index in [0.717, 1.165) is 0 Å². The third-order valence-corrected chi connectivity index (χ3v) is 3.01. The van der Waals surface area contributed by atoms with Crippen molar-refractivity contribution in [2.75, 3.05) is 19.0 Å². The van der Waals surface area contributed by atoms with Crippen LogP contribution in [0.4, 0.5) is 11.5 Å². The number of nitrogens with zero attached hydrogens (tertiary/aromatic N) is 2. The topological polar surface area (TPSA) is 104 Å². The van der Waals surface area contributed by atoms with Gasteiger partial charge in [0.1, 0.15) is 11.9 Å². The molecule has 0 bridgehead atoms. The average molecular weight is 338 g/mol. The molecular weight excluding hydrogens is 326 g/mol. The summed E-state index contributed by atoms with van der Waals surface area (Å²) >= 11 is 5.95. The van der Waals surface area contributed by atoms with E-state index in [4.69, 9.17) is 21.1 Å². The van der Waals surface area contributed by atoms with Crippen LogP contribution in [0.2, 0.25) is 5.02 Å². The van der Waals surface area contributed by atoms with E-state index in [-0.39, 0.29) is 5.75 Å². The van der Waals surface area contributed by atoms with Crippen molar-refractivity contribution in [3.05, 3.63) is 51.7 Å². The molecule has 1 N–H and O–H groups in total. The van der Waals surface area contributed by atoms with Gasteiger partial charge >= 0.3 is 5.82 Å². The van der Waals surface area contributed by atoms with Gasteiger partial charge in [-0.2, -0.15) is 0 Å². The fourth-order valence-electron chi connectivity index (χ4n) is 1.72. The minimum Gasteiger partial charge on any atom is -0.495 e. The van der Waals surface area contributed by atoms with E-state index in [9.17, 15) is 14.9 Å². The molecule has 1 amide bonds. The molecule has 8 nitrogen and oxygen atoms in total. The summed E-state index contributed by atoms with van der Waals surface area (Å²) in [4.78, 5) is 25.5. The number of carbonyl (C=O) groups is 1. The van der Waals surface area contributed by atoms with E-state index in [2.05, 4.69) is 10.3 Å². The minimum absolute atomic E-state index is 0.0830. The average Bonchev–Trinajstić information content (AvgIpc) is 2.53. The second kappa shape index (κ2) is 7.41. The predicted octanol–water partition coefficient (Wildman–Crippen LogP) is 2.67. The molecule has 0 aliphatic carbocycles. The number of nitrogens with one attached hydrogen (secondary N) is 1. The van der Waals surface area contributed by atoms with Gasteiger partial charge in [0.05, 0.1) is 12.1 Å². The van der Waals surface area contributed by atoms with Crippen molar-refractivity contribution in [1.29, 1.82) is 0 Å². The van der Waals surface area contributed by atoms with E-state index >= 15 is 0 Å². The maximum Gasteiger partial charge on any atom is 0.406 e. The summed E-state index contributed by atoms with van der Waals surface area (Å²) in [6.45, 7) is -0.407. The molecule has 9 heteroatoms. The molecule has 0 saturated carbocycles. The first-order valence-electron chi connectivity index (χ1n) is 6.37. The van der Waals surface area contributed by atoms with E-state index < -0.39 is 23.3 Å². The van der Waals surface area contributed by atoms with Crippen molar-refractivity contribution in [3.63, 3.8) is 0 Å². The van der Waals surface area contributed by atoms with Crippen molar-refractivity contribution in [2.45, 2.75) is 0 Å². The Morgan fingerprint density at radius 1 is 1.39 bits per heavy atom. The number of halogens is 1. The van der Waals surface area contributed by atoms with Gasteiger partial charge in [-0.3, -0.25) is 4.79 Å². The number of ether oxygens (including phenoxy) is 2. The smallest absolute Gasteiger partial charge is 0.406 e. The number of hydrogen-bond donors (Lipinski definition) is 1. The molecule has 1 aromatic carbocycles.